The van der Waals surface area contributed by atoms with Crippen LogP contribution >= 0.6 is 11.3 Å². The molecule has 3 heterocycles. The zero-order chi connectivity index (χ0) is 18.0. The highest BCUT2D eigenvalue weighted by molar-refractivity contribution is 7.91. The molecule has 0 aliphatic carbocycles. The third-order valence-electron chi connectivity index (χ3n) is 3.85. The molecule has 0 spiro atoms. The van der Waals surface area contributed by atoms with Crippen LogP contribution in [0.15, 0.2) is 20.9 Å². The Labute approximate surface area is 150 Å². The van der Waals surface area contributed by atoms with Crippen LogP contribution in [0.4, 0.5) is 5.69 Å². The molecule has 1 saturated heterocycles. The summed E-state index contributed by atoms with van der Waals surface area (Å²) < 4.78 is 32.1. The minimum Gasteiger partial charge on any atom is -0.354 e. The van der Waals surface area contributed by atoms with E-state index in [0.717, 1.165) is 17.7 Å². The number of thiophene rings is 1. The largest absolute Gasteiger partial charge is 0.354 e. The van der Waals surface area contributed by atoms with Gasteiger partial charge in [-0.25, -0.2) is 8.42 Å². The number of amides is 1. The third-order valence-corrected chi connectivity index (χ3v) is 7.27. The number of sulfonamides is 1. The van der Waals surface area contributed by atoms with Crippen LogP contribution in [0.5, 0.6) is 0 Å². The van der Waals surface area contributed by atoms with Gasteiger partial charge in [-0.15, -0.1) is 11.3 Å². The van der Waals surface area contributed by atoms with E-state index in [1.165, 1.54) is 22.6 Å². The molecule has 0 aromatic carbocycles. The van der Waals surface area contributed by atoms with E-state index in [1.54, 1.807) is 31.2 Å². The summed E-state index contributed by atoms with van der Waals surface area (Å²) in [5, 5.41) is 6.52. The lowest BCUT2D eigenvalue weighted by atomic mass is 10.2. The van der Waals surface area contributed by atoms with Crippen molar-refractivity contribution in [1.82, 2.24) is 9.46 Å². The number of nitrogens with one attached hydrogen (secondary N) is 1. The van der Waals surface area contributed by atoms with Crippen LogP contribution in [0, 0.1) is 6.92 Å². The number of hydrogen-bond donors (Lipinski definition) is 1. The first-order valence-electron chi connectivity index (χ1n) is 7.90. The summed E-state index contributed by atoms with van der Waals surface area (Å²) in [5.41, 5.74) is 1.10. The number of carbonyl (C=O) groups is 1. The van der Waals surface area contributed by atoms with Crippen LogP contribution < -0.4 is 5.32 Å². The lowest BCUT2D eigenvalue weighted by Gasteiger charge is -2.13. The van der Waals surface area contributed by atoms with Crippen molar-refractivity contribution < 1.29 is 17.7 Å². The van der Waals surface area contributed by atoms with Crippen LogP contribution in [-0.4, -0.2) is 36.9 Å². The third kappa shape index (κ3) is 3.83. The van der Waals surface area contributed by atoms with Crippen molar-refractivity contribution in [3.63, 3.8) is 0 Å². The van der Waals surface area contributed by atoms with E-state index in [0.29, 0.717) is 34.4 Å². The number of hydrogen-bond acceptors (Lipinski definition) is 6. The van der Waals surface area contributed by atoms with Gasteiger partial charge in [0.2, 0.25) is 5.91 Å². The smallest absolute Gasteiger partial charge is 0.252 e. The molecule has 2 aromatic heterocycles. The molecule has 0 saturated carbocycles. The van der Waals surface area contributed by atoms with Gasteiger partial charge in [0, 0.05) is 24.9 Å². The fourth-order valence-corrected chi connectivity index (χ4v) is 5.51. The van der Waals surface area contributed by atoms with Crippen LogP contribution in [-0.2, 0) is 14.8 Å². The molecule has 3 rings (SSSR count). The van der Waals surface area contributed by atoms with E-state index in [9.17, 15) is 13.2 Å². The first-order valence-corrected chi connectivity index (χ1v) is 10.2. The zero-order valence-electron chi connectivity index (χ0n) is 14.0. The Bertz CT molecular complexity index is 906. The number of carbonyl (C=O) groups excluding carboxylic acids is 1. The van der Waals surface area contributed by atoms with Crippen molar-refractivity contribution in [3.8, 4) is 0 Å². The average molecular weight is 381 g/mol. The maximum Gasteiger partial charge on any atom is 0.252 e. The summed E-state index contributed by atoms with van der Waals surface area (Å²) >= 11 is 1.21. The van der Waals surface area contributed by atoms with Crippen molar-refractivity contribution >= 4 is 45.1 Å². The van der Waals surface area contributed by atoms with Crippen molar-refractivity contribution in [1.29, 1.82) is 0 Å². The molecule has 25 heavy (non-hydrogen) atoms. The Morgan fingerprint density at radius 2 is 2.04 bits per heavy atom. The fourth-order valence-electron chi connectivity index (χ4n) is 2.61. The quantitative estimate of drug-likeness (QED) is 0.859. The molecule has 1 fully saturated rings. The van der Waals surface area contributed by atoms with Gasteiger partial charge in [-0.3, -0.25) is 4.79 Å². The summed E-state index contributed by atoms with van der Waals surface area (Å²) in [6.45, 7) is 4.32. The van der Waals surface area contributed by atoms with Gasteiger partial charge in [0.25, 0.3) is 10.0 Å². The van der Waals surface area contributed by atoms with Gasteiger partial charge >= 0.3 is 0 Å². The minimum absolute atomic E-state index is 0.212. The molecule has 2 aromatic rings. The summed E-state index contributed by atoms with van der Waals surface area (Å²) in [6.07, 6.45) is 5.24. The minimum atomic E-state index is -3.40. The van der Waals surface area contributed by atoms with Gasteiger partial charge in [-0.1, -0.05) is 5.16 Å². The average Bonchev–Trinajstić information content (AvgIpc) is 3.28. The number of aryl methyl sites for hydroxylation is 1. The molecule has 1 aliphatic heterocycles. The van der Waals surface area contributed by atoms with E-state index in [-0.39, 0.29) is 5.91 Å². The Hall–Kier alpha value is -1.97. The molecule has 134 valence electrons. The van der Waals surface area contributed by atoms with Crippen molar-refractivity contribution in [2.24, 2.45) is 0 Å². The number of anilines is 1. The van der Waals surface area contributed by atoms with Crippen molar-refractivity contribution in [2.45, 2.75) is 30.9 Å². The fraction of sp³-hybridized carbons (Fsp3) is 0.375. The molecular weight excluding hydrogens is 362 g/mol. The van der Waals surface area contributed by atoms with E-state index in [2.05, 4.69) is 10.5 Å². The molecule has 9 heteroatoms. The van der Waals surface area contributed by atoms with Crippen LogP contribution in [0.1, 0.15) is 36.1 Å². The second-order valence-corrected chi connectivity index (χ2v) is 9.07. The summed E-state index contributed by atoms with van der Waals surface area (Å²) in [6, 6.07) is 3.38. The molecule has 0 unspecified atom stereocenters. The van der Waals surface area contributed by atoms with Gasteiger partial charge in [0.15, 0.2) is 5.76 Å². The second kappa shape index (κ2) is 7.11. The van der Waals surface area contributed by atoms with Crippen molar-refractivity contribution in [2.75, 3.05) is 18.4 Å². The number of nitrogens with zero attached hydrogens (tertiary/aromatic N) is 2. The molecule has 1 aliphatic rings. The van der Waals surface area contributed by atoms with E-state index in [1.807, 2.05) is 0 Å². The van der Waals surface area contributed by atoms with Crippen LogP contribution in [0.3, 0.4) is 0 Å². The normalized spacial score (nSPS) is 15.9. The summed E-state index contributed by atoms with van der Waals surface area (Å²) in [7, 11) is -3.40. The Morgan fingerprint density at radius 1 is 1.32 bits per heavy atom. The van der Waals surface area contributed by atoms with Gasteiger partial charge < -0.3 is 9.84 Å². The Balaban J connectivity index is 1.80. The number of rotatable bonds is 5. The van der Waals surface area contributed by atoms with Crippen LogP contribution in [0.25, 0.3) is 12.2 Å². The Kier molecular flexibility index (Phi) is 5.07. The highest BCUT2D eigenvalue weighted by Gasteiger charge is 2.28. The van der Waals surface area contributed by atoms with Gasteiger partial charge in [-0.2, -0.15) is 4.31 Å². The second-order valence-electron chi connectivity index (χ2n) is 5.79. The maximum absolute atomic E-state index is 12.5. The Morgan fingerprint density at radius 3 is 2.72 bits per heavy atom. The topological polar surface area (TPSA) is 92.5 Å². The molecule has 1 amide bonds. The summed E-state index contributed by atoms with van der Waals surface area (Å²) in [4.78, 5) is 12.0. The monoisotopic (exact) mass is 381 g/mol. The molecular formula is C16H19N3O4S2. The van der Waals surface area contributed by atoms with Gasteiger partial charge in [0.05, 0.1) is 0 Å². The number of aromatic nitrogens is 1. The molecule has 0 bridgehead atoms. The van der Waals surface area contributed by atoms with E-state index < -0.39 is 10.0 Å². The molecule has 7 nitrogen and oxygen atoms in total. The summed E-state index contributed by atoms with van der Waals surface area (Å²) in [5.74, 6) is 0.209. The van der Waals surface area contributed by atoms with E-state index >= 15 is 0 Å². The lowest BCUT2D eigenvalue weighted by molar-refractivity contribution is -0.114. The predicted octanol–water partition coefficient (Wildman–Crippen LogP) is 2.96. The highest BCUT2D eigenvalue weighted by Crippen LogP contribution is 2.29. The molecule has 1 N–H and O–H groups in total. The molecule has 0 radical (unpaired) electrons. The maximum atomic E-state index is 12.5. The first kappa shape index (κ1) is 17.8. The lowest BCUT2D eigenvalue weighted by Crippen LogP contribution is -2.27. The molecule has 0 atom stereocenters. The first-order chi connectivity index (χ1) is 11.9. The van der Waals surface area contributed by atoms with E-state index in [4.69, 9.17) is 4.52 Å². The highest BCUT2D eigenvalue weighted by atomic mass is 32.2. The standard InChI is InChI=1S/C16H19N3O4S2/c1-11-16(17-12(2)20)14(23-18-11)7-5-13-6-8-15(24-13)25(21,22)19-9-3-4-10-19/h5-8H,3-4,9-10H2,1-2H3,(H,17,20). The van der Waals surface area contributed by atoms with Gasteiger partial charge in [-0.05, 0) is 44.1 Å². The zero-order valence-corrected chi connectivity index (χ0v) is 15.6. The SMILES string of the molecule is CC(=O)Nc1c(C)noc1C=Cc1ccc(S(=O)(=O)N2CCCC2)s1. The predicted molar refractivity (Wildman–Crippen MR) is 96.8 cm³/mol. The van der Waals surface area contributed by atoms with Crippen molar-refractivity contribution in [3.05, 3.63) is 28.5 Å². The van der Waals surface area contributed by atoms with Gasteiger partial charge in [0.1, 0.15) is 15.6 Å². The van der Waals surface area contributed by atoms with Crippen LogP contribution in [0.2, 0.25) is 0 Å².